The SMILES string of the molecule is NC(=O)CCC(N)C(=O)NC(CCC(=O)O)C(=O)NC(CCC(=O)O)C(=O)NC(Cc1ccc(O)cc1)C(=O)O. The van der Waals surface area contributed by atoms with Crippen LogP contribution in [0, 0.1) is 0 Å². The summed E-state index contributed by atoms with van der Waals surface area (Å²) in [7, 11) is 0. The second-order valence-corrected chi connectivity index (χ2v) is 8.87. The van der Waals surface area contributed by atoms with E-state index < -0.39 is 91.4 Å². The molecule has 0 aliphatic rings. The van der Waals surface area contributed by atoms with Gasteiger partial charge in [0.1, 0.15) is 23.9 Å². The molecule has 0 heterocycles. The number of amides is 4. The van der Waals surface area contributed by atoms with E-state index in [-0.39, 0.29) is 25.0 Å². The molecule has 0 saturated heterocycles. The lowest BCUT2D eigenvalue weighted by Crippen LogP contribution is -2.57. The highest BCUT2D eigenvalue weighted by Crippen LogP contribution is 2.12. The van der Waals surface area contributed by atoms with Crippen LogP contribution in [0.3, 0.4) is 0 Å². The standard InChI is InChI=1S/C24H33N5O11/c25-14(5-8-18(26)31)21(36)27-15(6-9-19(32)33)22(37)28-16(7-10-20(34)35)23(38)29-17(24(39)40)11-12-1-3-13(30)4-2-12/h1-4,14-17,30H,5-11,25H2,(H2,26,31)(H,27,36)(H,28,37)(H,29,38)(H,32,33)(H,34,35)(H,39,40). The first-order valence-electron chi connectivity index (χ1n) is 12.1. The maximum Gasteiger partial charge on any atom is 0.326 e. The summed E-state index contributed by atoms with van der Waals surface area (Å²) in [4.78, 5) is 83.2. The van der Waals surface area contributed by atoms with Gasteiger partial charge >= 0.3 is 17.9 Å². The third-order valence-corrected chi connectivity index (χ3v) is 5.59. The zero-order chi connectivity index (χ0) is 30.4. The molecule has 0 bridgehead atoms. The van der Waals surface area contributed by atoms with Crippen LogP contribution in [0.5, 0.6) is 5.75 Å². The normalized spacial score (nSPS) is 13.6. The number of rotatable bonds is 18. The third-order valence-electron chi connectivity index (χ3n) is 5.59. The minimum Gasteiger partial charge on any atom is -0.508 e. The maximum absolute atomic E-state index is 13.0. The number of phenolic OH excluding ortho intramolecular Hbond substituents is 1. The van der Waals surface area contributed by atoms with Gasteiger partial charge in [-0.15, -0.1) is 0 Å². The highest BCUT2D eigenvalue weighted by Gasteiger charge is 2.31. The second kappa shape index (κ2) is 16.3. The Balaban J connectivity index is 3.07. The quantitative estimate of drug-likeness (QED) is 0.0913. The van der Waals surface area contributed by atoms with Crippen molar-refractivity contribution in [2.24, 2.45) is 11.5 Å². The van der Waals surface area contributed by atoms with Gasteiger partial charge in [-0.25, -0.2) is 4.79 Å². The number of hydrogen-bond donors (Lipinski definition) is 9. The van der Waals surface area contributed by atoms with E-state index in [9.17, 15) is 43.8 Å². The number of carboxylic acid groups (broad SMARTS) is 3. The Morgan fingerprint density at radius 1 is 0.675 bits per heavy atom. The molecule has 16 heteroatoms. The zero-order valence-corrected chi connectivity index (χ0v) is 21.4. The van der Waals surface area contributed by atoms with Crippen LogP contribution in [0.1, 0.15) is 44.1 Å². The van der Waals surface area contributed by atoms with Crippen LogP contribution in [0.15, 0.2) is 24.3 Å². The Morgan fingerprint density at radius 3 is 1.55 bits per heavy atom. The van der Waals surface area contributed by atoms with Crippen molar-refractivity contribution in [3.05, 3.63) is 29.8 Å². The first-order chi connectivity index (χ1) is 18.7. The van der Waals surface area contributed by atoms with Gasteiger partial charge < -0.3 is 47.8 Å². The Hall–Kier alpha value is -4.73. The summed E-state index contributed by atoms with van der Waals surface area (Å²) in [6.45, 7) is 0. The first-order valence-corrected chi connectivity index (χ1v) is 12.1. The van der Waals surface area contributed by atoms with Crippen molar-refractivity contribution in [3.8, 4) is 5.75 Å². The highest BCUT2D eigenvalue weighted by molar-refractivity contribution is 5.94. The number of carboxylic acids is 3. The number of carbonyl (C=O) groups excluding carboxylic acids is 4. The van der Waals surface area contributed by atoms with Gasteiger partial charge in [0.05, 0.1) is 6.04 Å². The van der Waals surface area contributed by atoms with Crippen molar-refractivity contribution < 1.29 is 54.0 Å². The fraction of sp³-hybridized carbons (Fsp3) is 0.458. The number of primary amides is 1. The smallest absolute Gasteiger partial charge is 0.326 e. The lowest BCUT2D eigenvalue weighted by molar-refractivity contribution is -0.143. The van der Waals surface area contributed by atoms with Crippen LogP contribution in [-0.2, 0) is 40.0 Å². The summed E-state index contributed by atoms with van der Waals surface area (Å²) in [6, 6.07) is -0.347. The van der Waals surface area contributed by atoms with Crippen LogP contribution in [0.2, 0.25) is 0 Å². The number of aromatic hydroxyl groups is 1. The van der Waals surface area contributed by atoms with Gasteiger partial charge in [0.15, 0.2) is 0 Å². The maximum atomic E-state index is 13.0. The minimum atomic E-state index is -1.57. The van der Waals surface area contributed by atoms with Crippen LogP contribution in [0.4, 0.5) is 0 Å². The average Bonchev–Trinajstić information content (AvgIpc) is 2.87. The summed E-state index contributed by atoms with van der Waals surface area (Å²) in [5.41, 5.74) is 11.2. The molecule has 4 atom stereocenters. The van der Waals surface area contributed by atoms with Crippen LogP contribution in [-0.4, -0.2) is 86.1 Å². The van der Waals surface area contributed by atoms with Gasteiger partial charge in [-0.1, -0.05) is 12.1 Å². The molecule has 11 N–H and O–H groups in total. The van der Waals surface area contributed by atoms with Gasteiger partial charge in [0.25, 0.3) is 0 Å². The number of nitrogens with two attached hydrogens (primary N) is 2. The molecule has 40 heavy (non-hydrogen) atoms. The van der Waals surface area contributed by atoms with E-state index in [4.69, 9.17) is 21.7 Å². The molecular formula is C24H33N5O11. The molecule has 0 fully saturated rings. The number of carbonyl (C=O) groups is 7. The number of benzene rings is 1. The monoisotopic (exact) mass is 567 g/mol. The van der Waals surface area contributed by atoms with Crippen molar-refractivity contribution in [1.82, 2.24) is 16.0 Å². The molecule has 0 radical (unpaired) electrons. The van der Waals surface area contributed by atoms with Crippen molar-refractivity contribution in [1.29, 1.82) is 0 Å². The van der Waals surface area contributed by atoms with Crippen LogP contribution in [0.25, 0.3) is 0 Å². The van der Waals surface area contributed by atoms with E-state index in [0.717, 1.165) is 0 Å². The van der Waals surface area contributed by atoms with Crippen LogP contribution < -0.4 is 27.4 Å². The zero-order valence-electron chi connectivity index (χ0n) is 21.4. The molecule has 0 aliphatic heterocycles. The first kappa shape index (κ1) is 33.3. The summed E-state index contributed by atoms with van der Waals surface area (Å²) >= 11 is 0. The highest BCUT2D eigenvalue weighted by atomic mass is 16.4. The molecule has 0 aliphatic carbocycles. The summed E-state index contributed by atoms with van der Waals surface area (Å²) in [5.74, 6) is -7.82. The molecule has 4 unspecified atom stereocenters. The average molecular weight is 568 g/mol. The molecule has 220 valence electrons. The van der Waals surface area contributed by atoms with E-state index >= 15 is 0 Å². The molecule has 1 aromatic rings. The summed E-state index contributed by atoms with van der Waals surface area (Å²) in [5, 5.41) is 43.8. The van der Waals surface area contributed by atoms with E-state index in [0.29, 0.717) is 5.56 Å². The van der Waals surface area contributed by atoms with E-state index in [2.05, 4.69) is 16.0 Å². The number of phenols is 1. The van der Waals surface area contributed by atoms with Crippen molar-refractivity contribution in [3.63, 3.8) is 0 Å². The number of hydrogen-bond acceptors (Lipinski definition) is 9. The Kier molecular flexibility index (Phi) is 13.6. The fourth-order valence-corrected chi connectivity index (χ4v) is 3.39. The van der Waals surface area contributed by atoms with Gasteiger partial charge in [-0.3, -0.25) is 28.8 Å². The molecule has 1 rings (SSSR count). The summed E-state index contributed by atoms with van der Waals surface area (Å²) < 4.78 is 0. The Bertz CT molecular complexity index is 1090. The van der Waals surface area contributed by atoms with E-state index in [1.165, 1.54) is 24.3 Å². The van der Waals surface area contributed by atoms with Gasteiger partial charge in [0.2, 0.25) is 23.6 Å². The van der Waals surface area contributed by atoms with E-state index in [1.54, 1.807) is 0 Å². The van der Waals surface area contributed by atoms with Crippen molar-refractivity contribution >= 4 is 41.5 Å². The molecule has 16 nitrogen and oxygen atoms in total. The van der Waals surface area contributed by atoms with Gasteiger partial charge in [-0.05, 0) is 37.0 Å². The number of aliphatic carboxylic acids is 3. The molecule has 4 amide bonds. The molecule has 1 aromatic carbocycles. The third kappa shape index (κ3) is 12.7. The lowest BCUT2D eigenvalue weighted by atomic mass is 10.0. The minimum absolute atomic E-state index is 0.0607. The Morgan fingerprint density at radius 2 is 1.12 bits per heavy atom. The topological polar surface area (TPSA) is 289 Å². The second-order valence-electron chi connectivity index (χ2n) is 8.87. The number of nitrogens with one attached hydrogen (secondary N) is 3. The molecule has 0 aromatic heterocycles. The van der Waals surface area contributed by atoms with E-state index in [1.807, 2.05) is 0 Å². The predicted octanol–water partition coefficient (Wildman–Crippen LogP) is -2.20. The van der Waals surface area contributed by atoms with Crippen molar-refractivity contribution in [2.75, 3.05) is 0 Å². The predicted molar refractivity (Wildman–Crippen MR) is 135 cm³/mol. The lowest BCUT2D eigenvalue weighted by Gasteiger charge is -2.25. The fourth-order valence-electron chi connectivity index (χ4n) is 3.39. The Labute approximate surface area is 228 Å². The summed E-state index contributed by atoms with van der Waals surface area (Å²) in [6.07, 6.45) is -2.66. The largest absolute Gasteiger partial charge is 0.508 e. The van der Waals surface area contributed by atoms with Crippen molar-refractivity contribution in [2.45, 2.75) is 69.1 Å². The van der Waals surface area contributed by atoms with Gasteiger partial charge in [-0.2, -0.15) is 0 Å². The van der Waals surface area contributed by atoms with Crippen LogP contribution >= 0.6 is 0 Å². The van der Waals surface area contributed by atoms with Gasteiger partial charge in [0, 0.05) is 25.7 Å². The molecule has 0 saturated carbocycles. The molecule has 0 spiro atoms. The molecular weight excluding hydrogens is 534 g/mol.